The van der Waals surface area contributed by atoms with Crippen molar-refractivity contribution >= 4 is 23.3 Å². The number of methoxy groups -OCH3 is 1. The first kappa shape index (κ1) is 21.7. The highest BCUT2D eigenvalue weighted by Crippen LogP contribution is 2.36. The van der Waals surface area contributed by atoms with Crippen molar-refractivity contribution < 1.29 is 9.53 Å². The Morgan fingerprint density at radius 3 is 2.81 bits per heavy atom. The maximum absolute atomic E-state index is 12.6. The molecule has 0 aliphatic heterocycles. The van der Waals surface area contributed by atoms with Gasteiger partial charge in [0, 0.05) is 17.3 Å². The van der Waals surface area contributed by atoms with E-state index in [1.54, 1.807) is 7.11 Å². The Morgan fingerprint density at radius 1 is 1.26 bits per heavy atom. The number of aryl methyl sites for hydroxylation is 2. The average molecular weight is 439 g/mol. The Balaban J connectivity index is 1.60. The third-order valence-corrected chi connectivity index (χ3v) is 7.04. The first-order valence-electron chi connectivity index (χ1n) is 10.9. The lowest BCUT2D eigenvalue weighted by Gasteiger charge is -2.29. The largest absolute Gasteiger partial charge is 0.496 e. The van der Waals surface area contributed by atoms with Crippen LogP contribution in [0, 0.1) is 19.8 Å². The maximum Gasteiger partial charge on any atom is 0.230 e. The molecule has 3 aromatic rings. The highest BCUT2D eigenvalue weighted by molar-refractivity contribution is 7.99. The number of hydrogen-bond donors (Lipinski definition) is 1. The van der Waals surface area contributed by atoms with Gasteiger partial charge in [0.05, 0.1) is 24.1 Å². The molecule has 2 heterocycles. The van der Waals surface area contributed by atoms with Gasteiger partial charge in [0.25, 0.3) is 0 Å². The van der Waals surface area contributed by atoms with Crippen LogP contribution in [-0.2, 0) is 4.79 Å². The highest BCUT2D eigenvalue weighted by atomic mass is 32.2. The minimum absolute atomic E-state index is 0.0835. The van der Waals surface area contributed by atoms with Gasteiger partial charge in [-0.3, -0.25) is 4.79 Å². The average Bonchev–Trinajstić information content (AvgIpc) is 3.09. The van der Waals surface area contributed by atoms with Crippen LogP contribution in [0.4, 0.5) is 0 Å². The summed E-state index contributed by atoms with van der Waals surface area (Å²) in [6.45, 7) is 6.19. The van der Waals surface area contributed by atoms with Crippen LogP contribution >= 0.6 is 11.8 Å². The van der Waals surface area contributed by atoms with Crippen LogP contribution in [0.1, 0.15) is 44.0 Å². The zero-order valence-corrected chi connectivity index (χ0v) is 19.5. The smallest absolute Gasteiger partial charge is 0.230 e. The molecule has 1 aliphatic rings. The topological polar surface area (TPSA) is 68.5 Å². The molecule has 6 nitrogen and oxygen atoms in total. The summed E-state index contributed by atoms with van der Waals surface area (Å²) in [6.07, 6.45) is 4.74. The fourth-order valence-electron chi connectivity index (χ4n) is 4.40. The van der Waals surface area contributed by atoms with Crippen LogP contribution in [0.3, 0.4) is 0 Å². The summed E-state index contributed by atoms with van der Waals surface area (Å²) in [5.41, 5.74) is 4.49. The van der Waals surface area contributed by atoms with E-state index in [0.29, 0.717) is 17.7 Å². The number of carbonyl (C=O) groups excluding carboxylic acids is 1. The van der Waals surface area contributed by atoms with Crippen molar-refractivity contribution in [3.8, 4) is 16.9 Å². The van der Waals surface area contributed by atoms with Gasteiger partial charge in [-0.2, -0.15) is 5.10 Å². The normalized spacial score (nSPS) is 18.8. The Morgan fingerprint density at radius 2 is 2.03 bits per heavy atom. The molecule has 4 rings (SSSR count). The molecule has 0 bridgehead atoms. The van der Waals surface area contributed by atoms with Crippen molar-refractivity contribution in [3.05, 3.63) is 41.7 Å². The van der Waals surface area contributed by atoms with Crippen molar-refractivity contribution in [2.75, 3.05) is 12.9 Å². The monoisotopic (exact) mass is 438 g/mol. The van der Waals surface area contributed by atoms with E-state index in [1.807, 2.05) is 48.7 Å². The number of nitrogens with one attached hydrogen (secondary N) is 1. The molecule has 0 radical (unpaired) electrons. The van der Waals surface area contributed by atoms with Crippen molar-refractivity contribution in [2.24, 2.45) is 5.92 Å². The third-order valence-electron chi connectivity index (χ3n) is 6.04. The zero-order chi connectivity index (χ0) is 22.0. The van der Waals surface area contributed by atoms with Crippen LogP contribution in [0.5, 0.6) is 5.75 Å². The molecular weight excluding hydrogens is 408 g/mol. The lowest BCUT2D eigenvalue weighted by Crippen LogP contribution is -2.41. The number of ether oxygens (including phenoxy) is 1. The fourth-order valence-corrected chi connectivity index (χ4v) is 5.26. The van der Waals surface area contributed by atoms with Crippen molar-refractivity contribution in [1.29, 1.82) is 0 Å². The lowest BCUT2D eigenvalue weighted by molar-refractivity contribution is -0.119. The SMILES string of the molecule is COc1ccccc1-c1c(C)nn2c(SCC(=O)N[C@H]3CCCC[C@@H]3C)cc(C)nc12. The fraction of sp³-hybridized carbons (Fsp3) is 0.458. The van der Waals surface area contributed by atoms with Crippen molar-refractivity contribution in [2.45, 2.75) is 57.5 Å². The molecule has 0 unspecified atom stereocenters. The van der Waals surface area contributed by atoms with E-state index in [4.69, 9.17) is 14.8 Å². The van der Waals surface area contributed by atoms with Crippen LogP contribution in [-0.4, -0.2) is 39.4 Å². The van der Waals surface area contributed by atoms with Crippen LogP contribution in [0.25, 0.3) is 16.8 Å². The van der Waals surface area contributed by atoms with E-state index in [-0.39, 0.29) is 5.91 Å². The summed E-state index contributed by atoms with van der Waals surface area (Å²) in [4.78, 5) is 17.4. The van der Waals surface area contributed by atoms with Gasteiger partial charge < -0.3 is 10.1 Å². The van der Waals surface area contributed by atoms with E-state index in [0.717, 1.165) is 45.4 Å². The predicted molar refractivity (Wildman–Crippen MR) is 125 cm³/mol. The third kappa shape index (κ3) is 4.56. The molecule has 1 amide bonds. The Kier molecular flexibility index (Phi) is 6.51. The standard InChI is InChI=1S/C24H30N4O2S/c1-15-9-5-7-11-19(15)26-21(29)14-31-22-13-16(2)25-24-23(17(3)27-28(22)24)18-10-6-8-12-20(18)30-4/h6,8,10,12-13,15,19H,5,7,9,11,14H2,1-4H3,(H,26,29)/t15-,19-/m0/s1. The molecule has 0 saturated heterocycles. The molecule has 2 atom stereocenters. The van der Waals surface area contributed by atoms with Crippen LogP contribution < -0.4 is 10.1 Å². The van der Waals surface area contributed by atoms with Gasteiger partial charge >= 0.3 is 0 Å². The number of nitrogens with zero attached hydrogens (tertiary/aromatic N) is 3. The molecule has 2 aromatic heterocycles. The summed E-state index contributed by atoms with van der Waals surface area (Å²) in [5, 5.41) is 8.91. The second kappa shape index (κ2) is 9.30. The van der Waals surface area contributed by atoms with Crippen molar-refractivity contribution in [3.63, 3.8) is 0 Å². The number of para-hydroxylation sites is 1. The van der Waals surface area contributed by atoms with E-state index < -0.39 is 0 Å². The molecule has 1 saturated carbocycles. The molecule has 7 heteroatoms. The maximum atomic E-state index is 12.6. The second-order valence-corrected chi connectivity index (χ2v) is 9.35. The minimum Gasteiger partial charge on any atom is -0.496 e. The second-order valence-electron chi connectivity index (χ2n) is 8.36. The first-order valence-corrected chi connectivity index (χ1v) is 11.9. The molecular formula is C24H30N4O2S. The van der Waals surface area contributed by atoms with Gasteiger partial charge in [0.15, 0.2) is 5.65 Å². The molecule has 164 valence electrons. The van der Waals surface area contributed by atoms with Crippen LogP contribution in [0.2, 0.25) is 0 Å². The van der Waals surface area contributed by atoms with E-state index in [2.05, 4.69) is 12.2 Å². The number of amides is 1. The molecule has 1 aromatic carbocycles. The summed E-state index contributed by atoms with van der Waals surface area (Å²) >= 11 is 1.51. The quantitative estimate of drug-likeness (QED) is 0.442. The summed E-state index contributed by atoms with van der Waals surface area (Å²) < 4.78 is 7.42. The highest BCUT2D eigenvalue weighted by Gasteiger charge is 2.23. The van der Waals surface area contributed by atoms with Gasteiger partial charge in [-0.15, -0.1) is 0 Å². The molecule has 31 heavy (non-hydrogen) atoms. The summed E-state index contributed by atoms with van der Waals surface area (Å²) in [5.74, 6) is 1.79. The Bertz CT molecular complexity index is 1090. The molecule has 1 aliphatic carbocycles. The van der Waals surface area contributed by atoms with Gasteiger partial charge in [-0.25, -0.2) is 9.50 Å². The number of benzene rings is 1. The van der Waals surface area contributed by atoms with E-state index >= 15 is 0 Å². The number of thioether (sulfide) groups is 1. The van der Waals surface area contributed by atoms with E-state index in [9.17, 15) is 4.79 Å². The van der Waals surface area contributed by atoms with Crippen molar-refractivity contribution in [1.82, 2.24) is 19.9 Å². The number of rotatable bonds is 6. The minimum atomic E-state index is 0.0835. The lowest BCUT2D eigenvalue weighted by atomic mass is 9.86. The van der Waals surface area contributed by atoms with Gasteiger partial charge in [0.1, 0.15) is 10.8 Å². The predicted octanol–water partition coefficient (Wildman–Crippen LogP) is 4.81. The first-order chi connectivity index (χ1) is 15.0. The van der Waals surface area contributed by atoms with Gasteiger partial charge in [0.2, 0.25) is 5.91 Å². The number of fused-ring (bicyclic) bond motifs is 1. The van der Waals surface area contributed by atoms with Gasteiger partial charge in [-0.05, 0) is 44.7 Å². The summed E-state index contributed by atoms with van der Waals surface area (Å²) in [7, 11) is 1.67. The van der Waals surface area contributed by atoms with E-state index in [1.165, 1.54) is 31.0 Å². The number of hydrogen-bond acceptors (Lipinski definition) is 5. The Hall–Kier alpha value is -2.54. The molecule has 1 fully saturated rings. The molecule has 1 N–H and O–H groups in total. The number of carbonyl (C=O) groups is 1. The molecule has 0 spiro atoms. The van der Waals surface area contributed by atoms with Gasteiger partial charge in [-0.1, -0.05) is 49.7 Å². The summed E-state index contributed by atoms with van der Waals surface area (Å²) in [6, 6.07) is 10.2. The Labute approximate surface area is 187 Å². The number of aromatic nitrogens is 3. The zero-order valence-electron chi connectivity index (χ0n) is 18.6. The van der Waals surface area contributed by atoms with Crippen LogP contribution in [0.15, 0.2) is 35.4 Å².